The van der Waals surface area contributed by atoms with Crippen LogP contribution in [0.1, 0.15) is 23.7 Å². The highest BCUT2D eigenvalue weighted by Gasteiger charge is 2.18. The maximum absolute atomic E-state index is 6.61. The molecule has 158 valence electrons. The first kappa shape index (κ1) is 21.1. The molecule has 2 aromatic heterocycles. The van der Waals surface area contributed by atoms with Crippen LogP contribution in [-0.4, -0.2) is 40.6 Å². The van der Waals surface area contributed by atoms with E-state index in [1.807, 2.05) is 37.4 Å². The number of halogens is 2. The number of pyridine rings is 1. The molecule has 0 radical (unpaired) electrons. The molecule has 0 amide bonds. The zero-order valence-corrected chi connectivity index (χ0v) is 18.6. The van der Waals surface area contributed by atoms with Crippen LogP contribution in [0, 0.1) is 6.92 Å². The molecule has 1 aromatic carbocycles. The maximum Gasteiger partial charge on any atom is 0.137 e. The summed E-state index contributed by atoms with van der Waals surface area (Å²) in [5.74, 6) is 0.996. The summed E-state index contributed by atoms with van der Waals surface area (Å²) in [7, 11) is 0. The van der Waals surface area contributed by atoms with Crippen molar-refractivity contribution in [2.45, 2.75) is 33.0 Å². The molecular weight excluding hydrogens is 421 g/mol. The highest BCUT2D eigenvalue weighted by Crippen LogP contribution is 2.25. The van der Waals surface area contributed by atoms with Gasteiger partial charge in [0.2, 0.25) is 0 Å². The Balaban J connectivity index is 1.37. The molecule has 0 aliphatic carbocycles. The summed E-state index contributed by atoms with van der Waals surface area (Å²) in [6.45, 7) is 7.87. The summed E-state index contributed by atoms with van der Waals surface area (Å²) >= 11 is 12.7. The number of hydrogen-bond acceptors (Lipinski definition) is 5. The molecule has 0 bridgehead atoms. The van der Waals surface area contributed by atoms with Gasteiger partial charge in [0.25, 0.3) is 0 Å². The number of rotatable bonds is 6. The van der Waals surface area contributed by atoms with Gasteiger partial charge in [-0.1, -0.05) is 35.3 Å². The van der Waals surface area contributed by atoms with E-state index in [1.54, 1.807) is 4.68 Å². The Kier molecular flexibility index (Phi) is 6.58. The van der Waals surface area contributed by atoms with Crippen LogP contribution in [0.3, 0.4) is 0 Å². The molecule has 1 N–H and O–H groups in total. The fourth-order valence-corrected chi connectivity index (χ4v) is 4.10. The van der Waals surface area contributed by atoms with Gasteiger partial charge in [-0.15, -0.1) is 0 Å². The number of hydrogen-bond donors (Lipinski definition) is 1. The van der Waals surface area contributed by atoms with Gasteiger partial charge >= 0.3 is 0 Å². The van der Waals surface area contributed by atoms with Gasteiger partial charge < -0.3 is 15.0 Å². The van der Waals surface area contributed by atoms with E-state index < -0.39 is 0 Å². The lowest BCUT2D eigenvalue weighted by molar-refractivity contribution is 0.0529. The number of anilines is 1. The standard InChI is InChI=1S/C22H25Cl2N5O/c1-15-14-28(8-9-30-15)21-7-6-17(12-26-21)11-25-13-20-16(2)27-29(22(20)24)19-5-3-4-18(23)10-19/h3-7,10,12,15,25H,8-9,11,13-14H2,1-2H3. The minimum Gasteiger partial charge on any atom is -0.375 e. The van der Waals surface area contributed by atoms with Crippen molar-refractivity contribution in [3.8, 4) is 5.69 Å². The molecule has 6 nitrogen and oxygen atoms in total. The molecule has 1 aliphatic heterocycles. The molecule has 3 aromatic rings. The summed E-state index contributed by atoms with van der Waals surface area (Å²) in [5.41, 5.74) is 3.83. The zero-order valence-electron chi connectivity index (χ0n) is 17.1. The third-order valence-corrected chi connectivity index (χ3v) is 5.80. The largest absolute Gasteiger partial charge is 0.375 e. The molecule has 0 saturated carbocycles. The van der Waals surface area contributed by atoms with Crippen molar-refractivity contribution in [3.63, 3.8) is 0 Å². The first-order valence-electron chi connectivity index (χ1n) is 10.0. The van der Waals surface area contributed by atoms with Crippen molar-refractivity contribution >= 4 is 29.0 Å². The molecule has 1 atom stereocenters. The summed E-state index contributed by atoms with van der Waals surface area (Å²) in [4.78, 5) is 6.89. The van der Waals surface area contributed by atoms with Crippen LogP contribution in [0.4, 0.5) is 5.82 Å². The van der Waals surface area contributed by atoms with Crippen molar-refractivity contribution in [3.05, 3.63) is 69.6 Å². The Hall–Kier alpha value is -2.12. The molecule has 30 heavy (non-hydrogen) atoms. The van der Waals surface area contributed by atoms with Gasteiger partial charge in [0.15, 0.2) is 0 Å². The first-order chi connectivity index (χ1) is 14.5. The van der Waals surface area contributed by atoms with Crippen molar-refractivity contribution < 1.29 is 4.74 Å². The Morgan fingerprint density at radius 3 is 2.80 bits per heavy atom. The van der Waals surface area contributed by atoms with Gasteiger partial charge in [-0.05, 0) is 43.7 Å². The van der Waals surface area contributed by atoms with Crippen molar-refractivity contribution in [2.24, 2.45) is 0 Å². The Labute approximate surface area is 186 Å². The molecule has 0 spiro atoms. The third kappa shape index (κ3) is 4.78. The second-order valence-electron chi connectivity index (χ2n) is 7.50. The lowest BCUT2D eigenvalue weighted by Crippen LogP contribution is -2.41. The van der Waals surface area contributed by atoms with E-state index in [4.69, 9.17) is 27.9 Å². The van der Waals surface area contributed by atoms with Crippen molar-refractivity contribution in [1.29, 1.82) is 0 Å². The van der Waals surface area contributed by atoms with Gasteiger partial charge in [-0.25, -0.2) is 9.67 Å². The average molecular weight is 446 g/mol. The highest BCUT2D eigenvalue weighted by molar-refractivity contribution is 6.31. The lowest BCUT2D eigenvalue weighted by atomic mass is 10.2. The molecule has 1 saturated heterocycles. The summed E-state index contributed by atoms with van der Waals surface area (Å²) in [6.07, 6.45) is 2.16. The number of aromatic nitrogens is 3. The average Bonchev–Trinajstić information content (AvgIpc) is 3.02. The predicted molar refractivity (Wildman–Crippen MR) is 121 cm³/mol. The number of nitrogens with zero attached hydrogens (tertiary/aromatic N) is 4. The molecular formula is C22H25Cl2N5O. The van der Waals surface area contributed by atoms with Crippen LogP contribution in [0.15, 0.2) is 42.6 Å². The van der Waals surface area contributed by atoms with E-state index in [9.17, 15) is 0 Å². The molecule has 4 rings (SSSR count). The van der Waals surface area contributed by atoms with Gasteiger partial charge in [-0.3, -0.25) is 0 Å². The third-order valence-electron chi connectivity index (χ3n) is 5.18. The molecule has 1 fully saturated rings. The second kappa shape index (κ2) is 9.35. The predicted octanol–water partition coefficient (Wildman–Crippen LogP) is 4.40. The SMILES string of the molecule is Cc1nn(-c2cccc(Cl)c2)c(Cl)c1CNCc1ccc(N2CCOC(C)C2)nc1. The number of aryl methyl sites for hydroxylation is 1. The van der Waals surface area contributed by atoms with Gasteiger partial charge in [-0.2, -0.15) is 5.10 Å². The minimum absolute atomic E-state index is 0.239. The maximum atomic E-state index is 6.61. The fourth-order valence-electron chi connectivity index (χ4n) is 3.58. The summed E-state index contributed by atoms with van der Waals surface area (Å²) in [6, 6.07) is 11.7. The first-order valence-corrected chi connectivity index (χ1v) is 10.8. The minimum atomic E-state index is 0.239. The number of ether oxygens (including phenoxy) is 1. The Bertz CT molecular complexity index is 1010. The van der Waals surface area contributed by atoms with Gasteiger partial charge in [0.1, 0.15) is 11.0 Å². The van der Waals surface area contributed by atoms with E-state index in [1.165, 1.54) is 0 Å². The van der Waals surface area contributed by atoms with Crippen LogP contribution in [0.25, 0.3) is 5.69 Å². The van der Waals surface area contributed by atoms with Crippen molar-refractivity contribution in [1.82, 2.24) is 20.1 Å². The Morgan fingerprint density at radius 2 is 2.07 bits per heavy atom. The molecule has 3 heterocycles. The number of morpholine rings is 1. The summed E-state index contributed by atoms with van der Waals surface area (Å²) < 4.78 is 7.32. The normalized spacial score (nSPS) is 16.8. The van der Waals surface area contributed by atoms with E-state index in [2.05, 4.69) is 39.4 Å². The lowest BCUT2D eigenvalue weighted by Gasteiger charge is -2.32. The van der Waals surface area contributed by atoms with Crippen LogP contribution >= 0.6 is 23.2 Å². The highest BCUT2D eigenvalue weighted by atomic mass is 35.5. The molecule has 8 heteroatoms. The molecule has 1 aliphatic rings. The Morgan fingerprint density at radius 1 is 1.20 bits per heavy atom. The van der Waals surface area contributed by atoms with Crippen LogP contribution in [0.5, 0.6) is 0 Å². The van der Waals surface area contributed by atoms with Crippen LogP contribution < -0.4 is 10.2 Å². The topological polar surface area (TPSA) is 55.2 Å². The zero-order chi connectivity index (χ0) is 21.1. The van der Waals surface area contributed by atoms with Crippen LogP contribution in [-0.2, 0) is 17.8 Å². The number of nitrogens with one attached hydrogen (secondary N) is 1. The fraction of sp³-hybridized carbons (Fsp3) is 0.364. The van der Waals surface area contributed by atoms with Gasteiger partial charge in [0.05, 0.1) is 24.1 Å². The van der Waals surface area contributed by atoms with Crippen LogP contribution in [0.2, 0.25) is 10.2 Å². The van der Waals surface area contributed by atoms with E-state index in [0.29, 0.717) is 23.3 Å². The van der Waals surface area contributed by atoms with Crippen molar-refractivity contribution in [2.75, 3.05) is 24.6 Å². The second-order valence-corrected chi connectivity index (χ2v) is 8.30. The van der Waals surface area contributed by atoms with E-state index in [0.717, 1.165) is 48.0 Å². The smallest absolute Gasteiger partial charge is 0.137 e. The molecule has 1 unspecified atom stereocenters. The summed E-state index contributed by atoms with van der Waals surface area (Å²) in [5, 5.41) is 9.27. The van der Waals surface area contributed by atoms with Gasteiger partial charge in [0, 0.05) is 43.0 Å². The quantitative estimate of drug-likeness (QED) is 0.609. The monoisotopic (exact) mass is 445 g/mol. The van der Waals surface area contributed by atoms with E-state index >= 15 is 0 Å². The number of benzene rings is 1. The van der Waals surface area contributed by atoms with E-state index in [-0.39, 0.29) is 6.10 Å².